The minimum absolute atomic E-state index is 0.0166. The van der Waals surface area contributed by atoms with Crippen molar-refractivity contribution in [1.82, 2.24) is 25.1 Å². The average Bonchev–Trinajstić information content (AvgIpc) is 3.11. The van der Waals surface area contributed by atoms with Crippen LogP contribution in [0.1, 0.15) is 47.6 Å². The van der Waals surface area contributed by atoms with Crippen LogP contribution in [0.15, 0.2) is 18.2 Å². The van der Waals surface area contributed by atoms with Gasteiger partial charge in [0.15, 0.2) is 0 Å². The highest BCUT2D eigenvalue weighted by Crippen LogP contribution is 2.24. The molecule has 1 atom stereocenters. The summed E-state index contributed by atoms with van der Waals surface area (Å²) in [5.74, 6) is 1.02. The summed E-state index contributed by atoms with van der Waals surface area (Å²) in [5.41, 5.74) is 2.08. The fourth-order valence-electron chi connectivity index (χ4n) is 3.15. The lowest BCUT2D eigenvalue weighted by Gasteiger charge is -2.14. The highest BCUT2D eigenvalue weighted by molar-refractivity contribution is 6.01. The van der Waals surface area contributed by atoms with Gasteiger partial charge in [-0.2, -0.15) is 5.10 Å². The van der Waals surface area contributed by atoms with Gasteiger partial charge in [-0.05, 0) is 51.0 Å². The van der Waals surface area contributed by atoms with E-state index in [1.54, 1.807) is 10.7 Å². The van der Waals surface area contributed by atoms with Crippen molar-refractivity contribution in [1.29, 1.82) is 0 Å². The van der Waals surface area contributed by atoms with Crippen LogP contribution in [0.5, 0.6) is 0 Å². The Labute approximate surface area is 145 Å². The maximum atomic E-state index is 13.5. The first-order valence-corrected chi connectivity index (χ1v) is 8.38. The number of carbonyl (C=O) groups excluding carboxylic acids is 1. The highest BCUT2D eigenvalue weighted by atomic mass is 19.1. The number of hydrogen-bond acceptors (Lipinski definition) is 3. The molecule has 1 amide bonds. The summed E-state index contributed by atoms with van der Waals surface area (Å²) in [6.07, 6.45) is 0.642. The highest BCUT2D eigenvalue weighted by Gasteiger charge is 2.18. The summed E-state index contributed by atoms with van der Waals surface area (Å²) in [7, 11) is 0. The first kappa shape index (κ1) is 17.1. The molecule has 2 N–H and O–H groups in total. The molecule has 0 saturated carbocycles. The van der Waals surface area contributed by atoms with Gasteiger partial charge in [0, 0.05) is 17.4 Å². The van der Waals surface area contributed by atoms with Crippen molar-refractivity contribution in [2.45, 2.75) is 40.2 Å². The monoisotopic (exact) mass is 343 g/mol. The van der Waals surface area contributed by atoms with Crippen molar-refractivity contribution in [3.05, 3.63) is 46.9 Å². The molecule has 0 saturated heterocycles. The molecule has 3 rings (SSSR count). The maximum Gasteiger partial charge on any atom is 0.268 e. The molecule has 3 aromatic rings. The van der Waals surface area contributed by atoms with Gasteiger partial charge in [0.2, 0.25) is 0 Å². The van der Waals surface area contributed by atoms with Crippen molar-refractivity contribution < 1.29 is 9.18 Å². The van der Waals surface area contributed by atoms with Crippen LogP contribution in [0.2, 0.25) is 0 Å². The van der Waals surface area contributed by atoms with Crippen molar-refractivity contribution in [3.63, 3.8) is 0 Å². The van der Waals surface area contributed by atoms with E-state index >= 15 is 0 Å². The van der Waals surface area contributed by atoms with E-state index in [1.165, 1.54) is 12.1 Å². The van der Waals surface area contributed by atoms with Crippen molar-refractivity contribution >= 4 is 16.8 Å². The van der Waals surface area contributed by atoms with Gasteiger partial charge in [0.05, 0.1) is 6.04 Å². The summed E-state index contributed by atoms with van der Waals surface area (Å²) in [4.78, 5) is 20.0. The van der Waals surface area contributed by atoms with Crippen LogP contribution >= 0.6 is 0 Å². The van der Waals surface area contributed by atoms with Crippen molar-refractivity contribution in [2.75, 3.05) is 6.54 Å². The second kappa shape index (κ2) is 6.66. The molecule has 2 heterocycles. The molecule has 0 bridgehead atoms. The third-order valence-electron chi connectivity index (χ3n) is 4.33. The van der Waals surface area contributed by atoms with Crippen LogP contribution in [0.3, 0.4) is 0 Å². The van der Waals surface area contributed by atoms with E-state index in [2.05, 4.69) is 20.4 Å². The number of aryl methyl sites for hydroxylation is 3. The minimum Gasteiger partial charge on any atom is -0.350 e. The van der Waals surface area contributed by atoms with Gasteiger partial charge >= 0.3 is 0 Å². The molecule has 25 heavy (non-hydrogen) atoms. The molecule has 0 aliphatic rings. The van der Waals surface area contributed by atoms with Gasteiger partial charge in [0.1, 0.15) is 23.2 Å². The molecule has 2 aromatic heterocycles. The van der Waals surface area contributed by atoms with Crippen LogP contribution in [0.25, 0.3) is 10.9 Å². The number of carbonyl (C=O) groups is 1. The molecule has 0 spiro atoms. The van der Waals surface area contributed by atoms with E-state index < -0.39 is 0 Å². The Morgan fingerprint density at radius 3 is 2.80 bits per heavy atom. The number of aromatic nitrogens is 4. The van der Waals surface area contributed by atoms with Crippen molar-refractivity contribution in [3.8, 4) is 0 Å². The predicted octanol–water partition coefficient (Wildman–Crippen LogP) is 3.07. The third-order valence-corrected chi connectivity index (χ3v) is 4.33. The first-order valence-electron chi connectivity index (χ1n) is 8.38. The van der Waals surface area contributed by atoms with Gasteiger partial charge in [-0.1, -0.05) is 6.92 Å². The van der Waals surface area contributed by atoms with Crippen LogP contribution in [-0.2, 0) is 6.42 Å². The Hall–Kier alpha value is -2.70. The number of benzene rings is 1. The fourth-order valence-corrected chi connectivity index (χ4v) is 3.15. The Bertz CT molecular complexity index is 927. The zero-order valence-electron chi connectivity index (χ0n) is 14.9. The average molecular weight is 343 g/mol. The van der Waals surface area contributed by atoms with Crippen LogP contribution in [0, 0.1) is 19.7 Å². The Morgan fingerprint density at radius 2 is 2.16 bits per heavy atom. The largest absolute Gasteiger partial charge is 0.350 e. The van der Waals surface area contributed by atoms with E-state index in [0.717, 1.165) is 22.3 Å². The zero-order chi connectivity index (χ0) is 18.1. The van der Waals surface area contributed by atoms with E-state index in [4.69, 9.17) is 0 Å². The number of nitrogens with one attached hydrogen (secondary N) is 2. The predicted molar refractivity (Wildman–Crippen MR) is 94.2 cm³/mol. The Morgan fingerprint density at radius 1 is 1.40 bits per heavy atom. The second-order valence-corrected chi connectivity index (χ2v) is 6.23. The summed E-state index contributed by atoms with van der Waals surface area (Å²) in [6, 6.07) is 4.49. The maximum absolute atomic E-state index is 13.5. The standard InChI is InChI=1S/C18H22FN5O/c1-5-14-15-8-13(19)6-7-16(15)22-17(14)18(25)20-9-10(2)24-12(4)21-11(3)23-24/h6-8,10,22H,5,9H2,1-4H3,(H,20,25)/t10-/m0/s1. The second-order valence-electron chi connectivity index (χ2n) is 6.23. The minimum atomic E-state index is -0.307. The summed E-state index contributed by atoms with van der Waals surface area (Å²) < 4.78 is 15.3. The smallest absolute Gasteiger partial charge is 0.268 e. The lowest BCUT2D eigenvalue weighted by molar-refractivity contribution is 0.0942. The van der Waals surface area contributed by atoms with Crippen LogP contribution in [0.4, 0.5) is 4.39 Å². The lowest BCUT2D eigenvalue weighted by atomic mass is 10.1. The van der Waals surface area contributed by atoms with E-state index in [-0.39, 0.29) is 17.8 Å². The molecule has 0 aliphatic heterocycles. The third kappa shape index (κ3) is 3.26. The number of H-pyrrole nitrogens is 1. The molecule has 132 valence electrons. The molecular weight excluding hydrogens is 321 g/mol. The SMILES string of the molecule is CCc1c(C(=O)NC[C@H](C)n2nc(C)nc2C)[nH]c2ccc(F)cc12. The Kier molecular flexibility index (Phi) is 4.57. The first-order chi connectivity index (χ1) is 11.9. The molecule has 0 aliphatic carbocycles. The quantitative estimate of drug-likeness (QED) is 0.747. The van der Waals surface area contributed by atoms with Gasteiger partial charge < -0.3 is 10.3 Å². The van der Waals surface area contributed by atoms with Gasteiger partial charge in [-0.15, -0.1) is 0 Å². The molecule has 6 nitrogen and oxygen atoms in total. The van der Waals surface area contributed by atoms with Crippen LogP contribution < -0.4 is 5.32 Å². The lowest BCUT2D eigenvalue weighted by Crippen LogP contribution is -2.31. The summed E-state index contributed by atoms with van der Waals surface area (Å²) in [6.45, 7) is 8.08. The zero-order valence-corrected chi connectivity index (χ0v) is 14.9. The number of aromatic amines is 1. The number of hydrogen-bond donors (Lipinski definition) is 2. The van der Waals surface area contributed by atoms with E-state index in [0.29, 0.717) is 24.5 Å². The number of nitrogens with zero attached hydrogens (tertiary/aromatic N) is 3. The molecule has 1 aromatic carbocycles. The summed E-state index contributed by atoms with van der Waals surface area (Å²) in [5, 5.41) is 8.03. The molecule has 0 unspecified atom stereocenters. The Balaban J connectivity index is 1.79. The van der Waals surface area contributed by atoms with E-state index in [9.17, 15) is 9.18 Å². The number of amides is 1. The topological polar surface area (TPSA) is 75.6 Å². The molecular formula is C18H22FN5O. The summed E-state index contributed by atoms with van der Waals surface area (Å²) >= 11 is 0. The number of halogens is 1. The van der Waals surface area contributed by atoms with E-state index in [1.807, 2.05) is 27.7 Å². The number of fused-ring (bicyclic) bond motifs is 1. The van der Waals surface area contributed by atoms with Crippen molar-refractivity contribution in [2.24, 2.45) is 0 Å². The van der Waals surface area contributed by atoms with Gasteiger partial charge in [-0.25, -0.2) is 14.1 Å². The molecule has 0 fully saturated rings. The van der Waals surface area contributed by atoms with Gasteiger partial charge in [-0.3, -0.25) is 4.79 Å². The van der Waals surface area contributed by atoms with Crippen LogP contribution in [-0.4, -0.2) is 32.2 Å². The fraction of sp³-hybridized carbons (Fsp3) is 0.389. The molecule has 7 heteroatoms. The number of rotatable bonds is 5. The normalized spacial score (nSPS) is 12.5. The van der Waals surface area contributed by atoms with Gasteiger partial charge in [0.25, 0.3) is 5.91 Å². The molecule has 0 radical (unpaired) electrons.